The van der Waals surface area contributed by atoms with E-state index in [0.717, 1.165) is 75.7 Å². The quantitative estimate of drug-likeness (QED) is 0.393. The third kappa shape index (κ3) is 6.24. The normalized spacial score (nSPS) is 13.3. The predicted octanol–water partition coefficient (Wildman–Crippen LogP) is 3.51. The van der Waals surface area contributed by atoms with Crippen molar-refractivity contribution < 1.29 is 4.74 Å². The summed E-state index contributed by atoms with van der Waals surface area (Å²) in [6.45, 7) is 7.56. The van der Waals surface area contributed by atoms with Crippen LogP contribution in [0.3, 0.4) is 0 Å². The standard InChI is InChI=1S/C21H30N4OS/c1-3-22-21(23-11-5-4-6-20-25-16(2)15-27-20)24-12-9-17-7-8-19-18(14-17)10-13-26-19/h7-8,14-15H,3-6,9-13H2,1-2H3,(H2,22,23,24). The van der Waals surface area contributed by atoms with Gasteiger partial charge in [-0.3, -0.25) is 4.99 Å². The summed E-state index contributed by atoms with van der Waals surface area (Å²) in [4.78, 5) is 9.21. The molecular weight excluding hydrogens is 356 g/mol. The van der Waals surface area contributed by atoms with Crippen molar-refractivity contribution in [2.45, 2.75) is 46.0 Å². The fourth-order valence-corrected chi connectivity index (χ4v) is 3.98. The highest BCUT2D eigenvalue weighted by atomic mass is 32.1. The number of guanidine groups is 1. The number of rotatable bonds is 9. The summed E-state index contributed by atoms with van der Waals surface area (Å²) >= 11 is 1.76. The SMILES string of the molecule is CCNC(=NCCCCc1nc(C)cs1)NCCc1ccc2c(c1)CCO2. The molecule has 2 aromatic rings. The maximum Gasteiger partial charge on any atom is 0.191 e. The highest BCUT2D eigenvalue weighted by molar-refractivity contribution is 7.09. The number of fused-ring (bicyclic) bond motifs is 1. The second-order valence-electron chi connectivity index (χ2n) is 6.82. The molecule has 0 unspecified atom stereocenters. The first-order valence-electron chi connectivity index (χ1n) is 9.92. The van der Waals surface area contributed by atoms with E-state index in [-0.39, 0.29) is 0 Å². The van der Waals surface area contributed by atoms with Crippen LogP contribution in [-0.2, 0) is 19.3 Å². The first-order chi connectivity index (χ1) is 13.2. The van der Waals surface area contributed by atoms with Crippen LogP contribution < -0.4 is 15.4 Å². The van der Waals surface area contributed by atoms with Gasteiger partial charge in [0.25, 0.3) is 0 Å². The molecular formula is C21H30N4OS. The Balaban J connectivity index is 1.38. The Labute approximate surface area is 166 Å². The lowest BCUT2D eigenvalue weighted by molar-refractivity contribution is 0.357. The number of nitrogens with zero attached hydrogens (tertiary/aromatic N) is 2. The molecule has 3 rings (SSSR count). The minimum Gasteiger partial charge on any atom is -0.493 e. The van der Waals surface area contributed by atoms with Crippen molar-refractivity contribution in [1.82, 2.24) is 15.6 Å². The van der Waals surface area contributed by atoms with Gasteiger partial charge in [-0.25, -0.2) is 4.98 Å². The van der Waals surface area contributed by atoms with Crippen molar-refractivity contribution in [3.63, 3.8) is 0 Å². The predicted molar refractivity (Wildman–Crippen MR) is 113 cm³/mol. The Morgan fingerprint density at radius 1 is 1.26 bits per heavy atom. The van der Waals surface area contributed by atoms with Crippen LogP contribution in [0.25, 0.3) is 0 Å². The molecule has 2 N–H and O–H groups in total. The van der Waals surface area contributed by atoms with Crippen molar-refractivity contribution in [3.05, 3.63) is 45.4 Å². The lowest BCUT2D eigenvalue weighted by atomic mass is 10.1. The average Bonchev–Trinajstić information content (AvgIpc) is 3.29. The van der Waals surface area contributed by atoms with E-state index in [1.807, 2.05) is 0 Å². The average molecular weight is 387 g/mol. The summed E-state index contributed by atoms with van der Waals surface area (Å²) in [5.41, 5.74) is 3.81. The van der Waals surface area contributed by atoms with E-state index in [4.69, 9.17) is 9.73 Å². The lowest BCUT2D eigenvalue weighted by Crippen LogP contribution is -2.38. The third-order valence-electron chi connectivity index (χ3n) is 4.54. The Morgan fingerprint density at radius 2 is 2.19 bits per heavy atom. The van der Waals surface area contributed by atoms with E-state index in [9.17, 15) is 0 Å². The maximum absolute atomic E-state index is 5.57. The number of hydrogen-bond acceptors (Lipinski definition) is 4. The summed E-state index contributed by atoms with van der Waals surface area (Å²) in [5.74, 6) is 1.96. The highest BCUT2D eigenvalue weighted by Gasteiger charge is 2.11. The highest BCUT2D eigenvalue weighted by Crippen LogP contribution is 2.25. The summed E-state index contributed by atoms with van der Waals surface area (Å²) in [7, 11) is 0. The minimum absolute atomic E-state index is 0.816. The van der Waals surface area contributed by atoms with Crippen molar-refractivity contribution in [2.24, 2.45) is 4.99 Å². The molecule has 1 aliphatic rings. The third-order valence-corrected chi connectivity index (χ3v) is 5.57. The summed E-state index contributed by atoms with van der Waals surface area (Å²) in [5, 5.41) is 10.1. The number of hydrogen-bond donors (Lipinski definition) is 2. The van der Waals surface area contributed by atoms with Gasteiger partial charge < -0.3 is 15.4 Å². The molecule has 146 valence electrons. The smallest absolute Gasteiger partial charge is 0.191 e. The molecule has 0 amide bonds. The zero-order chi connectivity index (χ0) is 18.9. The number of benzene rings is 1. The molecule has 0 radical (unpaired) electrons. The fourth-order valence-electron chi connectivity index (χ4n) is 3.16. The number of aliphatic imine (C=N–C) groups is 1. The zero-order valence-corrected chi connectivity index (χ0v) is 17.2. The second kappa shape index (κ2) is 10.3. The van der Waals surface area contributed by atoms with E-state index >= 15 is 0 Å². The molecule has 6 heteroatoms. The van der Waals surface area contributed by atoms with Crippen LogP contribution in [0.5, 0.6) is 5.75 Å². The van der Waals surface area contributed by atoms with E-state index in [2.05, 4.69) is 53.0 Å². The van der Waals surface area contributed by atoms with Gasteiger partial charge in [0.1, 0.15) is 5.75 Å². The van der Waals surface area contributed by atoms with Crippen molar-refractivity contribution in [2.75, 3.05) is 26.2 Å². The maximum atomic E-state index is 5.57. The number of nitrogens with one attached hydrogen (secondary N) is 2. The van der Waals surface area contributed by atoms with Crippen molar-refractivity contribution >= 4 is 17.3 Å². The van der Waals surface area contributed by atoms with Crippen molar-refractivity contribution in [3.8, 4) is 5.75 Å². The number of aryl methyl sites for hydroxylation is 2. The first kappa shape index (κ1) is 19.7. The topological polar surface area (TPSA) is 58.5 Å². The van der Waals surface area contributed by atoms with Gasteiger partial charge >= 0.3 is 0 Å². The second-order valence-corrected chi connectivity index (χ2v) is 7.76. The Kier molecular flexibility index (Phi) is 7.51. The van der Waals surface area contributed by atoms with Crippen LogP contribution in [0.2, 0.25) is 0 Å². The molecule has 2 heterocycles. The van der Waals surface area contributed by atoms with E-state index in [1.54, 1.807) is 11.3 Å². The van der Waals surface area contributed by atoms with Gasteiger partial charge in [-0.1, -0.05) is 12.1 Å². The summed E-state index contributed by atoms with van der Waals surface area (Å²) in [6, 6.07) is 6.53. The molecule has 0 bridgehead atoms. The van der Waals surface area contributed by atoms with E-state index < -0.39 is 0 Å². The monoisotopic (exact) mass is 386 g/mol. The summed E-state index contributed by atoms with van der Waals surface area (Å²) < 4.78 is 5.57. The van der Waals surface area contributed by atoms with Crippen LogP contribution in [0.4, 0.5) is 0 Å². The minimum atomic E-state index is 0.816. The molecule has 1 aromatic carbocycles. The molecule has 0 aliphatic carbocycles. The number of thiazole rings is 1. The Morgan fingerprint density at radius 3 is 3.00 bits per heavy atom. The van der Waals surface area contributed by atoms with Gasteiger partial charge in [-0.2, -0.15) is 0 Å². The van der Waals surface area contributed by atoms with Crippen LogP contribution in [0.1, 0.15) is 41.6 Å². The first-order valence-corrected chi connectivity index (χ1v) is 10.8. The van der Waals surface area contributed by atoms with Crippen LogP contribution in [0.15, 0.2) is 28.6 Å². The van der Waals surface area contributed by atoms with Crippen molar-refractivity contribution in [1.29, 1.82) is 0 Å². The van der Waals surface area contributed by atoms with Gasteiger partial charge in [0, 0.05) is 37.1 Å². The zero-order valence-electron chi connectivity index (χ0n) is 16.4. The Hall–Kier alpha value is -2.08. The molecule has 0 fully saturated rings. The number of aromatic nitrogens is 1. The molecule has 5 nitrogen and oxygen atoms in total. The molecule has 0 saturated heterocycles. The van der Waals surface area contributed by atoms with E-state index in [1.165, 1.54) is 16.1 Å². The largest absolute Gasteiger partial charge is 0.493 e. The molecule has 1 aromatic heterocycles. The van der Waals surface area contributed by atoms with Crippen LogP contribution in [0, 0.1) is 6.92 Å². The molecule has 0 saturated carbocycles. The van der Waals surface area contributed by atoms with Gasteiger partial charge in [0.15, 0.2) is 5.96 Å². The van der Waals surface area contributed by atoms with Crippen LogP contribution >= 0.6 is 11.3 Å². The fraction of sp³-hybridized carbons (Fsp3) is 0.524. The molecule has 27 heavy (non-hydrogen) atoms. The van der Waals surface area contributed by atoms with E-state index in [0.29, 0.717) is 0 Å². The van der Waals surface area contributed by atoms with Gasteiger partial charge in [0.05, 0.1) is 11.6 Å². The number of ether oxygens (including phenoxy) is 1. The van der Waals surface area contributed by atoms with Gasteiger partial charge in [-0.05, 0) is 56.7 Å². The molecule has 1 aliphatic heterocycles. The summed E-state index contributed by atoms with van der Waals surface area (Å²) in [6.07, 6.45) is 5.29. The van der Waals surface area contributed by atoms with Crippen LogP contribution in [-0.4, -0.2) is 37.2 Å². The Bertz CT molecular complexity index is 756. The number of unbranched alkanes of at least 4 members (excludes halogenated alkanes) is 1. The molecule has 0 atom stereocenters. The molecule has 0 spiro atoms. The lowest BCUT2D eigenvalue weighted by Gasteiger charge is -2.11. The van der Waals surface area contributed by atoms with Gasteiger partial charge in [-0.15, -0.1) is 11.3 Å². The van der Waals surface area contributed by atoms with Gasteiger partial charge in [0.2, 0.25) is 0 Å².